The Morgan fingerprint density at radius 2 is 1.71 bits per heavy atom. The molecule has 0 bridgehead atoms. The largest absolute Gasteiger partial charge is 0.508 e. The molecule has 17 heavy (non-hydrogen) atoms. The van der Waals surface area contributed by atoms with Crippen LogP contribution in [0.5, 0.6) is 5.75 Å². The maximum atomic E-state index is 10.2. The van der Waals surface area contributed by atoms with E-state index in [1.54, 1.807) is 0 Å². The molecule has 0 heterocycles. The average Bonchev–Trinajstić information content (AvgIpc) is 2.17. The number of carboxylic acid groups (broad SMARTS) is 1. The Balaban J connectivity index is 0.000000325. The second-order valence-corrected chi connectivity index (χ2v) is 5.46. The topological polar surface area (TPSA) is 101 Å². The Morgan fingerprint density at radius 3 is 1.94 bits per heavy atom. The molecule has 1 aromatic carbocycles. The molecule has 7 heteroatoms. The number of aromatic carboxylic acids is 1. The minimum absolute atomic E-state index is 0.0741. The molecule has 1 aromatic rings. The lowest BCUT2D eigenvalue weighted by atomic mass is 10.2. The molecular weight excluding hydrogens is 294 g/mol. The zero-order valence-electron chi connectivity index (χ0n) is 9.25. The Kier molecular flexibility index (Phi) is 5.60. The van der Waals surface area contributed by atoms with Crippen molar-refractivity contribution in [2.45, 2.75) is 18.3 Å². The standard InChI is InChI=1S/C7H6O3.C3H6BrNO2/c8-6-3-1-5(2-4-6)7(9)10;1-3(2,4)5(6)7/h1-4,8H,(H,9,10);1-2H3. The molecule has 0 aliphatic carbocycles. The van der Waals surface area contributed by atoms with Crippen molar-refractivity contribution in [1.82, 2.24) is 0 Å². The first kappa shape index (κ1) is 15.4. The number of nitrogens with zero attached hydrogens (tertiary/aromatic N) is 1. The highest BCUT2D eigenvalue weighted by molar-refractivity contribution is 9.10. The van der Waals surface area contributed by atoms with E-state index in [0.717, 1.165) is 0 Å². The molecule has 0 aliphatic heterocycles. The number of phenolic OH excluding ortho intramolecular Hbond substituents is 1. The molecular formula is C10H12BrNO5. The summed E-state index contributed by atoms with van der Waals surface area (Å²) in [6.45, 7) is 2.96. The Bertz CT molecular complexity index is 396. The molecule has 0 saturated carbocycles. The first-order chi connectivity index (χ1) is 7.64. The molecule has 0 radical (unpaired) electrons. The number of halogens is 1. The lowest BCUT2D eigenvalue weighted by molar-refractivity contribution is -0.526. The van der Waals surface area contributed by atoms with Crippen LogP contribution in [0.3, 0.4) is 0 Å². The van der Waals surface area contributed by atoms with Gasteiger partial charge in [-0.25, -0.2) is 4.79 Å². The Labute approximate surface area is 106 Å². The van der Waals surface area contributed by atoms with Gasteiger partial charge in [-0.2, -0.15) is 0 Å². The highest BCUT2D eigenvalue weighted by Crippen LogP contribution is 2.14. The third-order valence-electron chi connectivity index (χ3n) is 1.55. The van der Waals surface area contributed by atoms with Crippen molar-refractivity contribution in [3.8, 4) is 5.75 Å². The van der Waals surface area contributed by atoms with Crippen LogP contribution in [-0.4, -0.2) is 25.6 Å². The summed E-state index contributed by atoms with van der Waals surface area (Å²) >= 11 is 2.84. The number of hydrogen-bond donors (Lipinski definition) is 2. The van der Waals surface area contributed by atoms with E-state index in [9.17, 15) is 14.9 Å². The highest BCUT2D eigenvalue weighted by atomic mass is 79.9. The van der Waals surface area contributed by atoms with Gasteiger partial charge in [-0.3, -0.25) is 10.1 Å². The van der Waals surface area contributed by atoms with Crippen LogP contribution in [-0.2, 0) is 0 Å². The first-order valence-corrected chi connectivity index (χ1v) is 5.29. The Hall–Kier alpha value is -1.63. The van der Waals surface area contributed by atoms with Crippen LogP contribution in [0.15, 0.2) is 24.3 Å². The van der Waals surface area contributed by atoms with Crippen molar-refractivity contribution in [3.05, 3.63) is 39.9 Å². The molecule has 0 unspecified atom stereocenters. The maximum Gasteiger partial charge on any atom is 0.335 e. The van der Waals surface area contributed by atoms with E-state index in [-0.39, 0.29) is 11.3 Å². The summed E-state index contributed by atoms with van der Waals surface area (Å²) in [5, 5.41) is 26.9. The number of carbonyl (C=O) groups is 1. The molecule has 1 rings (SSSR count). The van der Waals surface area contributed by atoms with Crippen LogP contribution in [0.1, 0.15) is 24.2 Å². The zero-order valence-corrected chi connectivity index (χ0v) is 10.8. The molecule has 2 N–H and O–H groups in total. The van der Waals surface area contributed by atoms with Gasteiger partial charge in [-0.05, 0) is 40.2 Å². The van der Waals surface area contributed by atoms with E-state index >= 15 is 0 Å². The van der Waals surface area contributed by atoms with E-state index < -0.39 is 15.3 Å². The number of rotatable bonds is 2. The third-order valence-corrected chi connectivity index (χ3v) is 1.84. The predicted molar refractivity (Wildman–Crippen MR) is 65.1 cm³/mol. The number of aromatic hydroxyl groups is 1. The molecule has 0 fully saturated rings. The summed E-state index contributed by atoms with van der Waals surface area (Å²) in [7, 11) is 0. The summed E-state index contributed by atoms with van der Waals surface area (Å²) in [6.07, 6.45) is 0. The molecule has 0 saturated heterocycles. The van der Waals surface area contributed by atoms with Gasteiger partial charge in [0.05, 0.1) is 5.56 Å². The van der Waals surface area contributed by atoms with Gasteiger partial charge in [0.15, 0.2) is 0 Å². The van der Waals surface area contributed by atoms with Crippen molar-refractivity contribution < 1.29 is 19.9 Å². The number of hydrogen-bond acceptors (Lipinski definition) is 4. The van der Waals surface area contributed by atoms with Crippen molar-refractivity contribution in [1.29, 1.82) is 0 Å². The van der Waals surface area contributed by atoms with Crippen LogP contribution in [0.25, 0.3) is 0 Å². The minimum atomic E-state index is -0.986. The van der Waals surface area contributed by atoms with Gasteiger partial charge < -0.3 is 10.2 Å². The van der Waals surface area contributed by atoms with E-state index in [0.29, 0.717) is 0 Å². The maximum absolute atomic E-state index is 10.2. The summed E-state index contributed by atoms with van der Waals surface area (Å²) in [5.74, 6) is -0.912. The lowest BCUT2D eigenvalue weighted by Crippen LogP contribution is -2.21. The van der Waals surface area contributed by atoms with Gasteiger partial charge in [0, 0.05) is 18.8 Å². The summed E-state index contributed by atoms with van der Waals surface area (Å²) in [6, 6.07) is 5.36. The first-order valence-electron chi connectivity index (χ1n) is 4.50. The second kappa shape index (κ2) is 6.19. The molecule has 0 aromatic heterocycles. The summed E-state index contributed by atoms with van der Waals surface area (Å²) < 4.78 is -0.965. The fourth-order valence-corrected chi connectivity index (χ4v) is 0.604. The molecule has 0 aliphatic rings. The van der Waals surface area contributed by atoms with E-state index in [1.165, 1.54) is 38.1 Å². The fraction of sp³-hybridized carbons (Fsp3) is 0.300. The molecule has 0 spiro atoms. The zero-order chi connectivity index (χ0) is 13.6. The number of phenols is 1. The predicted octanol–water partition coefficient (Wildman–Crippen LogP) is 2.48. The summed E-state index contributed by atoms with van der Waals surface area (Å²) in [5.41, 5.74) is 0.179. The fourth-order valence-electron chi connectivity index (χ4n) is 0.604. The van der Waals surface area contributed by atoms with Gasteiger partial charge >= 0.3 is 5.97 Å². The van der Waals surface area contributed by atoms with Crippen LogP contribution < -0.4 is 0 Å². The van der Waals surface area contributed by atoms with E-state index in [2.05, 4.69) is 15.9 Å². The number of carboxylic acids is 1. The number of alkyl halides is 1. The van der Waals surface area contributed by atoms with Crippen LogP contribution in [0, 0.1) is 10.1 Å². The SMILES string of the molecule is CC(C)(Br)[N+](=O)[O-].O=C(O)c1ccc(O)cc1. The number of benzene rings is 1. The molecule has 0 atom stereocenters. The lowest BCUT2D eigenvalue weighted by Gasteiger charge is -2.03. The molecule has 6 nitrogen and oxygen atoms in total. The normalized spacial score (nSPS) is 10.1. The quantitative estimate of drug-likeness (QED) is 0.378. The summed E-state index contributed by atoms with van der Waals surface area (Å²) in [4.78, 5) is 19.6. The molecule has 0 amide bonds. The third kappa shape index (κ3) is 6.52. The van der Waals surface area contributed by atoms with Crippen molar-refractivity contribution in [2.24, 2.45) is 0 Å². The smallest absolute Gasteiger partial charge is 0.335 e. The number of nitro groups is 1. The van der Waals surface area contributed by atoms with Gasteiger partial charge in [0.1, 0.15) is 5.75 Å². The van der Waals surface area contributed by atoms with Gasteiger partial charge in [-0.15, -0.1) is 0 Å². The van der Waals surface area contributed by atoms with Crippen LogP contribution >= 0.6 is 15.9 Å². The molecule has 94 valence electrons. The van der Waals surface area contributed by atoms with Crippen molar-refractivity contribution >= 4 is 21.9 Å². The monoisotopic (exact) mass is 305 g/mol. The van der Waals surface area contributed by atoms with Gasteiger partial charge in [-0.1, -0.05) is 0 Å². The van der Waals surface area contributed by atoms with Crippen molar-refractivity contribution in [3.63, 3.8) is 0 Å². The van der Waals surface area contributed by atoms with Crippen LogP contribution in [0.4, 0.5) is 0 Å². The van der Waals surface area contributed by atoms with Crippen LogP contribution in [0.2, 0.25) is 0 Å². The van der Waals surface area contributed by atoms with Gasteiger partial charge in [0.2, 0.25) is 0 Å². The van der Waals surface area contributed by atoms with Gasteiger partial charge in [0.25, 0.3) is 4.45 Å². The second-order valence-electron chi connectivity index (χ2n) is 3.52. The minimum Gasteiger partial charge on any atom is -0.508 e. The van der Waals surface area contributed by atoms with E-state index in [4.69, 9.17) is 10.2 Å². The highest BCUT2D eigenvalue weighted by Gasteiger charge is 2.24. The van der Waals surface area contributed by atoms with E-state index in [1.807, 2.05) is 0 Å². The Morgan fingerprint density at radius 1 is 1.35 bits per heavy atom. The van der Waals surface area contributed by atoms with Crippen molar-refractivity contribution in [2.75, 3.05) is 0 Å². The average molecular weight is 306 g/mol.